The molecule has 0 fully saturated rings. The number of aromatic nitrogens is 2. The van der Waals surface area contributed by atoms with Crippen LogP contribution in [-0.2, 0) is 4.74 Å². The lowest BCUT2D eigenvalue weighted by Gasteiger charge is -2.12. The molecule has 0 spiro atoms. The molecule has 0 saturated carbocycles. The fourth-order valence-corrected chi connectivity index (χ4v) is 1.40. The highest BCUT2D eigenvalue weighted by Gasteiger charge is 2.22. The highest BCUT2D eigenvalue weighted by Crippen LogP contribution is 2.29. The molecule has 2 bridgehead atoms. The molecule has 0 aliphatic carbocycles. The Morgan fingerprint density at radius 2 is 2.43 bits per heavy atom. The zero-order valence-corrected chi connectivity index (χ0v) is 7.08. The van der Waals surface area contributed by atoms with Gasteiger partial charge in [0.1, 0.15) is 6.26 Å². The summed E-state index contributed by atoms with van der Waals surface area (Å²) >= 11 is 0. The van der Waals surface area contributed by atoms with Gasteiger partial charge in [-0.2, -0.15) is 4.98 Å². The zero-order chi connectivity index (χ0) is 9.54. The molecule has 2 aliphatic heterocycles. The quantitative estimate of drug-likeness (QED) is 0.599. The summed E-state index contributed by atoms with van der Waals surface area (Å²) in [6, 6.07) is 1.62. The molecular formula is C9H6N2O3. The maximum atomic E-state index is 11.0. The monoisotopic (exact) mass is 190 g/mol. The van der Waals surface area contributed by atoms with Crippen LogP contribution in [0.15, 0.2) is 41.2 Å². The van der Waals surface area contributed by atoms with E-state index in [1.54, 1.807) is 10.8 Å². The third kappa shape index (κ3) is 0.953. The first-order valence-corrected chi connectivity index (χ1v) is 4.14. The Morgan fingerprint density at radius 3 is 3.36 bits per heavy atom. The number of rotatable bonds is 0. The Hall–Kier alpha value is -2.04. The molecule has 70 valence electrons. The molecule has 14 heavy (non-hydrogen) atoms. The molecule has 5 heteroatoms. The van der Waals surface area contributed by atoms with Gasteiger partial charge in [-0.05, 0) is 12.2 Å². The second-order valence-corrected chi connectivity index (χ2v) is 2.96. The number of allylic oxidation sites excluding steroid dienone is 1. The number of nitrogens with zero attached hydrogens (tertiary/aromatic N) is 2. The molecule has 2 aliphatic rings. The van der Waals surface area contributed by atoms with Crippen molar-refractivity contribution in [3.8, 4) is 6.01 Å². The van der Waals surface area contributed by atoms with Crippen molar-refractivity contribution < 1.29 is 9.47 Å². The van der Waals surface area contributed by atoms with E-state index >= 15 is 0 Å². The lowest BCUT2D eigenvalue weighted by Crippen LogP contribution is -2.15. The molecule has 5 nitrogen and oxygen atoms in total. The summed E-state index contributed by atoms with van der Waals surface area (Å²) in [5, 5.41) is 0. The van der Waals surface area contributed by atoms with Gasteiger partial charge in [0.05, 0.1) is 0 Å². The van der Waals surface area contributed by atoms with E-state index in [0.717, 1.165) is 0 Å². The molecule has 0 N–H and O–H groups in total. The van der Waals surface area contributed by atoms with Crippen LogP contribution >= 0.6 is 0 Å². The lowest BCUT2D eigenvalue weighted by atomic mass is 10.4. The first-order valence-electron chi connectivity index (χ1n) is 4.14. The molecule has 3 rings (SSSR count). The van der Waals surface area contributed by atoms with Gasteiger partial charge in [0.15, 0.2) is 12.0 Å². The van der Waals surface area contributed by atoms with Crippen molar-refractivity contribution in [1.29, 1.82) is 0 Å². The van der Waals surface area contributed by atoms with E-state index in [1.807, 2.05) is 12.2 Å². The fourth-order valence-electron chi connectivity index (χ4n) is 1.40. The Labute approximate surface area is 78.9 Å². The fraction of sp³-hybridized carbons (Fsp3) is 0.111. The van der Waals surface area contributed by atoms with Gasteiger partial charge in [0.25, 0.3) is 5.56 Å². The van der Waals surface area contributed by atoms with Crippen molar-refractivity contribution in [2.24, 2.45) is 0 Å². The summed E-state index contributed by atoms with van der Waals surface area (Å²) in [6.07, 6.45) is 6.45. The predicted octanol–water partition coefficient (Wildman–Crippen LogP) is 0.562. The van der Waals surface area contributed by atoms with Gasteiger partial charge in [0, 0.05) is 12.3 Å². The van der Waals surface area contributed by atoms with Crippen LogP contribution < -0.4 is 10.3 Å². The van der Waals surface area contributed by atoms with Crippen molar-refractivity contribution in [3.05, 3.63) is 46.8 Å². The molecule has 1 aromatic rings. The number of ether oxygens (including phenoxy) is 2. The maximum absolute atomic E-state index is 11.0. The molecule has 1 atom stereocenters. The SMILES string of the molecule is O=c1ccn2c(n1)OC=C1C=CC2O1. The third-order valence-electron chi connectivity index (χ3n) is 2.04. The third-order valence-corrected chi connectivity index (χ3v) is 2.04. The Bertz CT molecular complexity index is 501. The van der Waals surface area contributed by atoms with E-state index in [4.69, 9.17) is 9.47 Å². The lowest BCUT2D eigenvalue weighted by molar-refractivity contribution is 0.124. The zero-order valence-electron chi connectivity index (χ0n) is 7.08. The summed E-state index contributed by atoms with van der Waals surface area (Å²) in [6.45, 7) is 0. The molecule has 0 radical (unpaired) electrons. The summed E-state index contributed by atoms with van der Waals surface area (Å²) in [5.74, 6) is 0.632. The first-order chi connectivity index (χ1) is 6.83. The van der Waals surface area contributed by atoms with E-state index in [-0.39, 0.29) is 17.8 Å². The van der Waals surface area contributed by atoms with Gasteiger partial charge in [-0.25, -0.2) is 0 Å². The van der Waals surface area contributed by atoms with E-state index in [0.29, 0.717) is 5.76 Å². The minimum atomic E-state index is -0.323. The van der Waals surface area contributed by atoms with Crippen LogP contribution in [0.25, 0.3) is 0 Å². The number of hydrogen-bond acceptors (Lipinski definition) is 4. The minimum absolute atomic E-state index is 0.252. The van der Waals surface area contributed by atoms with Gasteiger partial charge in [-0.15, -0.1) is 0 Å². The maximum Gasteiger partial charge on any atom is 0.308 e. The van der Waals surface area contributed by atoms with Gasteiger partial charge >= 0.3 is 6.01 Å². The van der Waals surface area contributed by atoms with Crippen LogP contribution in [-0.4, -0.2) is 9.55 Å². The highest BCUT2D eigenvalue weighted by atomic mass is 16.6. The van der Waals surface area contributed by atoms with Crippen LogP contribution in [0.2, 0.25) is 0 Å². The van der Waals surface area contributed by atoms with Crippen LogP contribution in [0.1, 0.15) is 6.23 Å². The standard InChI is InChI=1S/C9H6N2O3/c12-7-3-4-11-8-2-1-6(14-8)5-13-9(11)10-7/h1-5,8H. The molecule has 1 unspecified atom stereocenters. The van der Waals surface area contributed by atoms with Crippen molar-refractivity contribution in [3.63, 3.8) is 0 Å². The Balaban J connectivity index is 2.22. The van der Waals surface area contributed by atoms with Crippen LogP contribution in [0, 0.1) is 0 Å². The topological polar surface area (TPSA) is 53.4 Å². The first kappa shape index (κ1) is 7.37. The van der Waals surface area contributed by atoms with Crippen molar-refractivity contribution in [1.82, 2.24) is 9.55 Å². The van der Waals surface area contributed by atoms with Crippen LogP contribution in [0.5, 0.6) is 6.01 Å². The minimum Gasteiger partial charge on any atom is -0.463 e. The van der Waals surface area contributed by atoms with E-state index < -0.39 is 0 Å². The summed E-state index contributed by atoms with van der Waals surface area (Å²) in [4.78, 5) is 14.7. The number of fused-ring (bicyclic) bond motifs is 4. The Morgan fingerprint density at radius 1 is 1.50 bits per heavy atom. The second-order valence-electron chi connectivity index (χ2n) is 2.96. The predicted molar refractivity (Wildman–Crippen MR) is 46.5 cm³/mol. The molecule has 0 saturated heterocycles. The van der Waals surface area contributed by atoms with E-state index in [2.05, 4.69) is 4.98 Å². The van der Waals surface area contributed by atoms with Gasteiger partial charge < -0.3 is 9.47 Å². The van der Waals surface area contributed by atoms with E-state index in [9.17, 15) is 4.79 Å². The molecule has 0 aromatic carbocycles. The smallest absolute Gasteiger partial charge is 0.308 e. The van der Waals surface area contributed by atoms with Crippen molar-refractivity contribution in [2.75, 3.05) is 0 Å². The normalized spacial score (nSPS) is 21.7. The highest BCUT2D eigenvalue weighted by molar-refractivity contribution is 5.22. The molecule has 1 aromatic heterocycles. The molecule has 3 heterocycles. The second kappa shape index (κ2) is 2.47. The van der Waals surface area contributed by atoms with Gasteiger partial charge in [-0.1, -0.05) is 0 Å². The molecule has 0 amide bonds. The van der Waals surface area contributed by atoms with Crippen LogP contribution in [0.4, 0.5) is 0 Å². The summed E-state index contributed by atoms with van der Waals surface area (Å²) in [7, 11) is 0. The van der Waals surface area contributed by atoms with E-state index in [1.165, 1.54) is 12.3 Å². The average Bonchev–Trinajstić information content (AvgIpc) is 2.54. The van der Waals surface area contributed by atoms with Crippen LogP contribution in [0.3, 0.4) is 0 Å². The van der Waals surface area contributed by atoms with Crippen molar-refractivity contribution >= 4 is 0 Å². The Kier molecular flexibility index (Phi) is 1.30. The average molecular weight is 190 g/mol. The summed E-state index contributed by atoms with van der Waals surface area (Å²) in [5.41, 5.74) is -0.323. The summed E-state index contributed by atoms with van der Waals surface area (Å²) < 4.78 is 12.3. The van der Waals surface area contributed by atoms with Gasteiger partial charge in [0.2, 0.25) is 0 Å². The van der Waals surface area contributed by atoms with Crippen molar-refractivity contribution in [2.45, 2.75) is 6.23 Å². The largest absolute Gasteiger partial charge is 0.463 e. The molecular weight excluding hydrogens is 184 g/mol. The van der Waals surface area contributed by atoms with Gasteiger partial charge in [-0.3, -0.25) is 9.36 Å². The number of hydrogen-bond donors (Lipinski definition) is 0.